The molecule has 108 valence electrons. The van der Waals surface area contributed by atoms with Crippen LogP contribution in [0.25, 0.3) is 11.0 Å². The van der Waals surface area contributed by atoms with Crippen LogP contribution in [0, 0.1) is 3.57 Å². The van der Waals surface area contributed by atoms with E-state index in [4.69, 9.17) is 15.6 Å². The van der Waals surface area contributed by atoms with Crippen molar-refractivity contribution in [2.24, 2.45) is 0 Å². The lowest BCUT2D eigenvalue weighted by Crippen LogP contribution is -2.33. The van der Waals surface area contributed by atoms with Crippen LogP contribution in [-0.2, 0) is 4.74 Å². The number of aromatic nitrogens is 3. The molecule has 1 saturated heterocycles. The van der Waals surface area contributed by atoms with Crippen molar-refractivity contribution in [1.29, 1.82) is 0 Å². The number of hydrogen-bond donors (Lipinski definition) is 4. The van der Waals surface area contributed by atoms with Gasteiger partial charge in [-0.05, 0) is 22.6 Å². The fraction of sp³-hybridized carbons (Fsp3) is 0.455. The predicted molar refractivity (Wildman–Crippen MR) is 77.7 cm³/mol. The average Bonchev–Trinajstić information content (AvgIpc) is 2.89. The van der Waals surface area contributed by atoms with Gasteiger partial charge in [0.1, 0.15) is 24.0 Å². The molecule has 9 heteroatoms. The van der Waals surface area contributed by atoms with Gasteiger partial charge in [0.05, 0.1) is 12.0 Å². The first-order valence-electron chi connectivity index (χ1n) is 5.94. The van der Waals surface area contributed by atoms with Gasteiger partial charge in [0.2, 0.25) is 5.95 Å². The summed E-state index contributed by atoms with van der Waals surface area (Å²) in [4.78, 5) is 8.07. The first-order valence-corrected chi connectivity index (χ1v) is 7.02. The molecule has 5 N–H and O–H groups in total. The van der Waals surface area contributed by atoms with Gasteiger partial charge in [0, 0.05) is 16.0 Å². The fourth-order valence-corrected chi connectivity index (χ4v) is 2.99. The SMILES string of the molecule is Nc1ncc2c(I)cn(C3O[C@H](CO)[C@@H](O)[C@H]3O)c2n1. The minimum absolute atomic E-state index is 0.111. The third-order valence-electron chi connectivity index (χ3n) is 3.33. The molecular weight excluding hydrogens is 379 g/mol. The van der Waals surface area contributed by atoms with E-state index in [0.29, 0.717) is 5.65 Å². The molecule has 0 spiro atoms. The van der Waals surface area contributed by atoms with Crippen molar-refractivity contribution >= 4 is 39.6 Å². The maximum Gasteiger partial charge on any atom is 0.221 e. The number of nitrogens with zero attached hydrogens (tertiary/aromatic N) is 3. The van der Waals surface area contributed by atoms with Crippen LogP contribution in [-0.4, -0.2) is 54.8 Å². The van der Waals surface area contributed by atoms with Gasteiger partial charge in [-0.1, -0.05) is 0 Å². The Labute approximate surface area is 127 Å². The number of halogens is 1. The van der Waals surface area contributed by atoms with Crippen LogP contribution in [0.3, 0.4) is 0 Å². The summed E-state index contributed by atoms with van der Waals surface area (Å²) in [5.74, 6) is 0.111. The second-order valence-electron chi connectivity index (χ2n) is 4.58. The molecule has 0 saturated carbocycles. The number of hydrogen-bond acceptors (Lipinski definition) is 7. The van der Waals surface area contributed by atoms with Crippen LogP contribution >= 0.6 is 22.6 Å². The van der Waals surface area contributed by atoms with Crippen molar-refractivity contribution in [3.8, 4) is 0 Å². The Balaban J connectivity index is 2.09. The lowest BCUT2D eigenvalue weighted by molar-refractivity contribution is -0.0509. The first-order chi connectivity index (χ1) is 9.52. The zero-order valence-electron chi connectivity index (χ0n) is 10.2. The maximum absolute atomic E-state index is 10.1. The van der Waals surface area contributed by atoms with Gasteiger partial charge in [-0.15, -0.1) is 0 Å². The fourth-order valence-electron chi connectivity index (χ4n) is 2.31. The van der Waals surface area contributed by atoms with E-state index in [2.05, 4.69) is 32.6 Å². The zero-order chi connectivity index (χ0) is 14.4. The second kappa shape index (κ2) is 5.07. The van der Waals surface area contributed by atoms with E-state index in [9.17, 15) is 10.2 Å². The number of aliphatic hydroxyl groups is 3. The van der Waals surface area contributed by atoms with Crippen molar-refractivity contribution < 1.29 is 20.1 Å². The quantitative estimate of drug-likeness (QED) is 0.495. The van der Waals surface area contributed by atoms with Gasteiger partial charge in [0.15, 0.2) is 6.23 Å². The van der Waals surface area contributed by atoms with Crippen LogP contribution in [0.2, 0.25) is 0 Å². The number of nitrogen functional groups attached to an aromatic ring is 1. The molecule has 0 bridgehead atoms. The Bertz CT molecular complexity index is 649. The summed E-state index contributed by atoms with van der Waals surface area (Å²) in [6, 6.07) is 0. The van der Waals surface area contributed by atoms with Gasteiger partial charge >= 0.3 is 0 Å². The van der Waals surface area contributed by atoms with Crippen molar-refractivity contribution in [2.75, 3.05) is 12.3 Å². The second-order valence-corrected chi connectivity index (χ2v) is 5.74. The Morgan fingerprint density at radius 3 is 2.80 bits per heavy atom. The summed E-state index contributed by atoms with van der Waals surface area (Å²) in [5, 5.41) is 29.8. The normalized spacial score (nSPS) is 30.2. The molecule has 0 radical (unpaired) electrons. The van der Waals surface area contributed by atoms with Crippen LogP contribution in [0.5, 0.6) is 0 Å². The van der Waals surface area contributed by atoms with Crippen molar-refractivity contribution in [1.82, 2.24) is 14.5 Å². The molecule has 0 aromatic carbocycles. The molecule has 0 amide bonds. The molecule has 1 fully saturated rings. The van der Waals surface area contributed by atoms with Crippen LogP contribution in [0.4, 0.5) is 5.95 Å². The third kappa shape index (κ3) is 2.05. The molecule has 3 rings (SSSR count). The Hall–Kier alpha value is -1.01. The third-order valence-corrected chi connectivity index (χ3v) is 4.19. The van der Waals surface area contributed by atoms with E-state index in [1.807, 2.05) is 0 Å². The molecular formula is C11H13IN4O4. The molecule has 20 heavy (non-hydrogen) atoms. The summed E-state index contributed by atoms with van der Waals surface area (Å²) < 4.78 is 7.96. The van der Waals surface area contributed by atoms with Crippen LogP contribution in [0.1, 0.15) is 6.23 Å². The summed E-state index contributed by atoms with van der Waals surface area (Å²) in [6.45, 7) is -0.373. The number of aliphatic hydroxyl groups excluding tert-OH is 3. The van der Waals surface area contributed by atoms with Gasteiger partial charge in [-0.2, -0.15) is 4.98 Å². The molecule has 2 aromatic rings. The van der Waals surface area contributed by atoms with Gasteiger partial charge in [0.25, 0.3) is 0 Å². The highest BCUT2D eigenvalue weighted by Gasteiger charge is 2.43. The molecule has 1 aliphatic heterocycles. The van der Waals surface area contributed by atoms with Gasteiger partial charge < -0.3 is 30.4 Å². The summed E-state index contributed by atoms with van der Waals surface area (Å²) in [6.07, 6.45) is -0.641. The largest absolute Gasteiger partial charge is 0.394 e. The predicted octanol–water partition coefficient (Wildman–Crippen LogP) is -0.770. The van der Waals surface area contributed by atoms with Crippen molar-refractivity contribution in [3.05, 3.63) is 16.0 Å². The topological polar surface area (TPSA) is 127 Å². The summed E-state index contributed by atoms with van der Waals surface area (Å²) in [5.41, 5.74) is 6.10. The minimum atomic E-state index is -1.16. The van der Waals surface area contributed by atoms with Gasteiger partial charge in [-0.3, -0.25) is 0 Å². The molecule has 4 atom stereocenters. The number of ether oxygens (including phenoxy) is 1. The summed E-state index contributed by atoms with van der Waals surface area (Å²) in [7, 11) is 0. The Kier molecular flexibility index (Phi) is 3.54. The van der Waals surface area contributed by atoms with E-state index in [1.165, 1.54) is 0 Å². The Morgan fingerprint density at radius 2 is 2.15 bits per heavy atom. The lowest BCUT2D eigenvalue weighted by atomic mass is 10.1. The van der Waals surface area contributed by atoms with Crippen LogP contribution < -0.4 is 5.73 Å². The number of anilines is 1. The molecule has 3 heterocycles. The standard InChI is InChI=1S/C11H13IN4O4/c12-5-2-16(9-4(5)1-14-11(13)15-9)10-8(19)7(18)6(3-17)20-10/h1-2,6-8,10,17-19H,3H2,(H2,13,14,15)/t6-,7-,8-,10?/m1/s1. The lowest BCUT2D eigenvalue weighted by Gasteiger charge is -2.17. The molecule has 8 nitrogen and oxygen atoms in total. The van der Waals surface area contributed by atoms with E-state index in [-0.39, 0.29) is 12.6 Å². The first kappa shape index (κ1) is 13.9. The van der Waals surface area contributed by atoms with Crippen molar-refractivity contribution in [3.63, 3.8) is 0 Å². The van der Waals surface area contributed by atoms with E-state index in [1.54, 1.807) is 17.0 Å². The zero-order valence-corrected chi connectivity index (χ0v) is 12.4. The highest BCUT2D eigenvalue weighted by molar-refractivity contribution is 14.1. The van der Waals surface area contributed by atoms with E-state index in [0.717, 1.165) is 8.96 Å². The Morgan fingerprint density at radius 1 is 1.40 bits per heavy atom. The maximum atomic E-state index is 10.1. The van der Waals surface area contributed by atoms with Gasteiger partial charge in [-0.25, -0.2) is 4.98 Å². The number of fused-ring (bicyclic) bond motifs is 1. The molecule has 1 unspecified atom stereocenters. The van der Waals surface area contributed by atoms with E-state index >= 15 is 0 Å². The highest BCUT2D eigenvalue weighted by atomic mass is 127. The van der Waals surface area contributed by atoms with Crippen LogP contribution in [0.15, 0.2) is 12.4 Å². The summed E-state index contributed by atoms with van der Waals surface area (Å²) >= 11 is 2.11. The van der Waals surface area contributed by atoms with E-state index < -0.39 is 24.5 Å². The average molecular weight is 392 g/mol. The minimum Gasteiger partial charge on any atom is -0.394 e. The molecule has 1 aliphatic rings. The van der Waals surface area contributed by atoms with Crippen molar-refractivity contribution in [2.45, 2.75) is 24.5 Å². The molecule has 2 aromatic heterocycles. The molecule has 0 aliphatic carbocycles. The number of rotatable bonds is 2. The number of nitrogens with two attached hydrogens (primary N) is 1. The highest BCUT2D eigenvalue weighted by Crippen LogP contribution is 2.33. The smallest absolute Gasteiger partial charge is 0.221 e. The monoisotopic (exact) mass is 392 g/mol.